The zero-order valence-corrected chi connectivity index (χ0v) is 9.02. The van der Waals surface area contributed by atoms with Gasteiger partial charge in [0.25, 0.3) is 0 Å². The van der Waals surface area contributed by atoms with E-state index >= 15 is 0 Å². The number of aromatic nitrogens is 3. The van der Waals surface area contributed by atoms with Gasteiger partial charge >= 0.3 is 0 Å². The Labute approximate surface area is 93.1 Å². The SMILES string of the molecule is CNCCc1cn(-c2cccc(F)c2)nn1. The summed E-state index contributed by atoms with van der Waals surface area (Å²) in [5, 5.41) is 11.0. The first-order valence-corrected chi connectivity index (χ1v) is 5.11. The van der Waals surface area contributed by atoms with Crippen molar-refractivity contribution in [1.82, 2.24) is 20.3 Å². The number of hydrogen-bond donors (Lipinski definition) is 1. The Kier molecular flexibility index (Phi) is 3.26. The van der Waals surface area contributed by atoms with Crippen LogP contribution in [0, 0.1) is 5.82 Å². The Hall–Kier alpha value is -1.75. The van der Waals surface area contributed by atoms with Crippen LogP contribution in [0.1, 0.15) is 5.69 Å². The van der Waals surface area contributed by atoms with Gasteiger partial charge in [0.15, 0.2) is 0 Å². The lowest BCUT2D eigenvalue weighted by Gasteiger charge is -1.98. The van der Waals surface area contributed by atoms with Gasteiger partial charge < -0.3 is 5.32 Å². The molecule has 1 aromatic heterocycles. The predicted molar refractivity (Wildman–Crippen MR) is 58.9 cm³/mol. The molecule has 1 heterocycles. The summed E-state index contributed by atoms with van der Waals surface area (Å²) in [5.41, 5.74) is 1.57. The number of nitrogens with zero attached hydrogens (tertiary/aromatic N) is 3. The minimum atomic E-state index is -0.273. The van der Waals surface area contributed by atoms with Crippen LogP contribution in [-0.2, 0) is 6.42 Å². The average Bonchev–Trinajstić information content (AvgIpc) is 2.75. The molecule has 0 fully saturated rings. The Morgan fingerprint density at radius 1 is 1.44 bits per heavy atom. The number of rotatable bonds is 4. The molecule has 0 saturated carbocycles. The normalized spacial score (nSPS) is 10.6. The molecule has 0 unspecified atom stereocenters. The molecule has 0 radical (unpaired) electrons. The van der Waals surface area contributed by atoms with E-state index in [1.54, 1.807) is 16.8 Å². The van der Waals surface area contributed by atoms with Crippen LogP contribution < -0.4 is 5.32 Å². The van der Waals surface area contributed by atoms with Crippen molar-refractivity contribution in [2.75, 3.05) is 13.6 Å². The molecule has 4 nitrogen and oxygen atoms in total. The second kappa shape index (κ2) is 4.85. The van der Waals surface area contributed by atoms with Gasteiger partial charge in [-0.2, -0.15) is 0 Å². The Morgan fingerprint density at radius 2 is 2.31 bits per heavy atom. The predicted octanol–water partition coefficient (Wildman–Crippen LogP) is 1.17. The molecule has 0 aliphatic heterocycles. The van der Waals surface area contributed by atoms with Crippen LogP contribution in [0.25, 0.3) is 5.69 Å². The van der Waals surface area contributed by atoms with Crippen molar-refractivity contribution in [2.45, 2.75) is 6.42 Å². The smallest absolute Gasteiger partial charge is 0.125 e. The summed E-state index contributed by atoms with van der Waals surface area (Å²) in [7, 11) is 1.89. The topological polar surface area (TPSA) is 42.7 Å². The third-order valence-electron chi connectivity index (χ3n) is 2.24. The highest BCUT2D eigenvalue weighted by Crippen LogP contribution is 2.08. The number of likely N-dealkylation sites (N-methyl/N-ethyl adjacent to an activating group) is 1. The first kappa shape index (κ1) is 10.8. The number of nitrogens with one attached hydrogen (secondary N) is 1. The van der Waals surface area contributed by atoms with Crippen LogP contribution in [0.3, 0.4) is 0 Å². The highest BCUT2D eigenvalue weighted by Gasteiger charge is 2.02. The molecule has 0 spiro atoms. The molecule has 0 aliphatic rings. The van der Waals surface area contributed by atoms with E-state index in [0.29, 0.717) is 5.69 Å². The fourth-order valence-corrected chi connectivity index (χ4v) is 1.41. The van der Waals surface area contributed by atoms with Gasteiger partial charge in [0, 0.05) is 13.0 Å². The molecule has 0 saturated heterocycles. The van der Waals surface area contributed by atoms with Crippen molar-refractivity contribution in [1.29, 1.82) is 0 Å². The van der Waals surface area contributed by atoms with Crippen molar-refractivity contribution >= 4 is 0 Å². The van der Waals surface area contributed by atoms with Gasteiger partial charge in [-0.25, -0.2) is 9.07 Å². The minimum Gasteiger partial charge on any atom is -0.319 e. The van der Waals surface area contributed by atoms with Crippen molar-refractivity contribution in [3.63, 3.8) is 0 Å². The molecule has 0 amide bonds. The molecule has 0 atom stereocenters. The molecular weight excluding hydrogens is 207 g/mol. The maximum Gasteiger partial charge on any atom is 0.125 e. The minimum absolute atomic E-state index is 0.273. The van der Waals surface area contributed by atoms with Gasteiger partial charge in [-0.1, -0.05) is 11.3 Å². The summed E-state index contributed by atoms with van der Waals surface area (Å²) in [4.78, 5) is 0. The Balaban J connectivity index is 2.18. The van der Waals surface area contributed by atoms with Crippen LogP contribution in [0.4, 0.5) is 4.39 Å². The zero-order valence-electron chi connectivity index (χ0n) is 9.02. The molecule has 1 aromatic carbocycles. The molecule has 5 heteroatoms. The van der Waals surface area contributed by atoms with E-state index in [0.717, 1.165) is 18.7 Å². The maximum absolute atomic E-state index is 13.0. The van der Waals surface area contributed by atoms with E-state index in [2.05, 4.69) is 15.6 Å². The monoisotopic (exact) mass is 220 g/mol. The largest absolute Gasteiger partial charge is 0.319 e. The van der Waals surface area contributed by atoms with E-state index in [9.17, 15) is 4.39 Å². The molecule has 16 heavy (non-hydrogen) atoms. The van der Waals surface area contributed by atoms with Gasteiger partial charge in [0.1, 0.15) is 5.82 Å². The van der Waals surface area contributed by atoms with Crippen molar-refractivity contribution in [2.24, 2.45) is 0 Å². The number of hydrogen-bond acceptors (Lipinski definition) is 3. The van der Waals surface area contributed by atoms with E-state index in [-0.39, 0.29) is 5.82 Å². The summed E-state index contributed by atoms with van der Waals surface area (Å²) < 4.78 is 14.6. The summed E-state index contributed by atoms with van der Waals surface area (Å²) in [6.07, 6.45) is 2.62. The standard InChI is InChI=1S/C11H13FN4/c1-13-6-5-10-8-16(15-14-10)11-4-2-3-9(12)7-11/h2-4,7-8,13H,5-6H2,1H3. The summed E-state index contributed by atoms with van der Waals surface area (Å²) >= 11 is 0. The quantitative estimate of drug-likeness (QED) is 0.841. The van der Waals surface area contributed by atoms with E-state index in [1.165, 1.54) is 12.1 Å². The average molecular weight is 220 g/mol. The van der Waals surface area contributed by atoms with Gasteiger partial charge in [-0.05, 0) is 25.2 Å². The highest BCUT2D eigenvalue weighted by molar-refractivity contribution is 5.30. The number of halogens is 1. The molecule has 2 aromatic rings. The first-order chi connectivity index (χ1) is 7.79. The molecule has 1 N–H and O–H groups in total. The van der Waals surface area contributed by atoms with Crippen LogP contribution in [0.15, 0.2) is 30.5 Å². The van der Waals surface area contributed by atoms with Gasteiger partial charge in [-0.3, -0.25) is 0 Å². The third kappa shape index (κ3) is 2.43. The van der Waals surface area contributed by atoms with Gasteiger partial charge in [0.05, 0.1) is 17.6 Å². The van der Waals surface area contributed by atoms with E-state index in [1.807, 2.05) is 13.2 Å². The van der Waals surface area contributed by atoms with Crippen LogP contribution in [0.2, 0.25) is 0 Å². The second-order valence-electron chi connectivity index (χ2n) is 3.49. The van der Waals surface area contributed by atoms with Crippen LogP contribution >= 0.6 is 0 Å². The third-order valence-corrected chi connectivity index (χ3v) is 2.24. The lowest BCUT2D eigenvalue weighted by Crippen LogP contribution is -2.10. The number of benzene rings is 1. The second-order valence-corrected chi connectivity index (χ2v) is 3.49. The van der Waals surface area contributed by atoms with Gasteiger partial charge in [-0.15, -0.1) is 5.10 Å². The van der Waals surface area contributed by atoms with Crippen LogP contribution in [0.5, 0.6) is 0 Å². The zero-order chi connectivity index (χ0) is 11.4. The molecule has 0 aliphatic carbocycles. The molecule has 84 valence electrons. The fraction of sp³-hybridized carbons (Fsp3) is 0.273. The molecule has 2 rings (SSSR count). The first-order valence-electron chi connectivity index (χ1n) is 5.11. The maximum atomic E-state index is 13.0. The highest BCUT2D eigenvalue weighted by atomic mass is 19.1. The molecule has 0 bridgehead atoms. The summed E-state index contributed by atoms with van der Waals surface area (Å²) in [6, 6.07) is 6.28. The van der Waals surface area contributed by atoms with Crippen molar-refractivity contribution in [3.05, 3.63) is 42.0 Å². The van der Waals surface area contributed by atoms with Crippen molar-refractivity contribution < 1.29 is 4.39 Å². The Morgan fingerprint density at radius 3 is 3.06 bits per heavy atom. The lowest BCUT2D eigenvalue weighted by atomic mass is 10.3. The summed E-state index contributed by atoms with van der Waals surface area (Å²) in [6.45, 7) is 0.849. The fourth-order valence-electron chi connectivity index (χ4n) is 1.41. The molecular formula is C11H13FN4. The van der Waals surface area contributed by atoms with Crippen LogP contribution in [-0.4, -0.2) is 28.6 Å². The van der Waals surface area contributed by atoms with Gasteiger partial charge in [0.2, 0.25) is 0 Å². The van der Waals surface area contributed by atoms with Crippen molar-refractivity contribution in [3.8, 4) is 5.69 Å². The van der Waals surface area contributed by atoms with E-state index in [4.69, 9.17) is 0 Å². The van der Waals surface area contributed by atoms with E-state index < -0.39 is 0 Å². The lowest BCUT2D eigenvalue weighted by molar-refractivity contribution is 0.625. The Bertz CT molecular complexity index is 467. The summed E-state index contributed by atoms with van der Waals surface area (Å²) in [5.74, 6) is -0.273.